The van der Waals surface area contributed by atoms with Gasteiger partial charge in [0, 0.05) is 17.8 Å². The number of aliphatic hydroxyl groups excluding tert-OH is 1. The van der Waals surface area contributed by atoms with Crippen molar-refractivity contribution in [1.29, 1.82) is 0 Å². The van der Waals surface area contributed by atoms with E-state index in [0.29, 0.717) is 37.8 Å². The molecule has 0 spiro atoms. The van der Waals surface area contributed by atoms with Crippen LogP contribution >= 0.6 is 11.6 Å². The van der Waals surface area contributed by atoms with Gasteiger partial charge in [0.05, 0.1) is 27.9 Å². The fourth-order valence-corrected chi connectivity index (χ4v) is 6.38. The largest absolute Gasteiger partial charge is 0.444 e. The Morgan fingerprint density at radius 3 is 2.53 bits per heavy atom. The molecule has 49 heavy (non-hydrogen) atoms. The number of amides is 2. The van der Waals surface area contributed by atoms with Gasteiger partial charge < -0.3 is 19.7 Å². The molecule has 0 saturated carbocycles. The van der Waals surface area contributed by atoms with Crippen LogP contribution in [0.2, 0.25) is 5.02 Å². The van der Waals surface area contributed by atoms with Crippen LogP contribution in [0.3, 0.4) is 0 Å². The normalized spacial score (nSPS) is 19.0. The predicted molar refractivity (Wildman–Crippen MR) is 179 cm³/mol. The molecule has 2 aromatic heterocycles. The minimum absolute atomic E-state index is 0.0133. The number of likely N-dealkylation sites (tertiary alicyclic amines) is 1. The van der Waals surface area contributed by atoms with Gasteiger partial charge in [0.15, 0.2) is 5.82 Å². The van der Waals surface area contributed by atoms with Gasteiger partial charge in [0.2, 0.25) is 11.7 Å². The number of alkyl halides is 3. The minimum atomic E-state index is -4.61. The highest BCUT2D eigenvalue weighted by Gasteiger charge is 2.40. The zero-order chi connectivity index (χ0) is 36.1. The highest BCUT2D eigenvalue weighted by atomic mass is 35.5. The van der Waals surface area contributed by atoms with Crippen molar-refractivity contribution in [2.75, 3.05) is 11.9 Å². The number of aromatic nitrogens is 4. The van der Waals surface area contributed by atoms with E-state index in [0.717, 1.165) is 33.9 Å². The summed E-state index contributed by atoms with van der Waals surface area (Å²) in [7, 11) is 0. The van der Waals surface area contributed by atoms with Crippen LogP contribution in [-0.2, 0) is 28.7 Å². The van der Waals surface area contributed by atoms with Crippen LogP contribution in [0.15, 0.2) is 34.6 Å². The number of carbonyl (C=O) groups is 2. The van der Waals surface area contributed by atoms with Gasteiger partial charge >= 0.3 is 12.3 Å². The number of allylic oxidation sites excluding steroid dienone is 1. The van der Waals surface area contributed by atoms with Gasteiger partial charge in [-0.3, -0.25) is 14.5 Å². The Bertz CT molecular complexity index is 1920. The molecule has 3 heterocycles. The molecule has 0 bridgehead atoms. The van der Waals surface area contributed by atoms with Crippen LogP contribution in [0.4, 0.5) is 23.7 Å². The average Bonchev–Trinajstić information content (AvgIpc) is 3.56. The molecule has 1 aliphatic carbocycles. The summed E-state index contributed by atoms with van der Waals surface area (Å²) in [4.78, 5) is 47.0. The molecule has 5 rings (SSSR count). The van der Waals surface area contributed by atoms with Gasteiger partial charge in [-0.25, -0.2) is 4.79 Å². The van der Waals surface area contributed by atoms with E-state index in [1.807, 2.05) is 26.8 Å². The molecule has 1 atom stereocenters. The van der Waals surface area contributed by atoms with Gasteiger partial charge in [-0.1, -0.05) is 24.6 Å². The third-order valence-corrected chi connectivity index (χ3v) is 8.80. The Hall–Kier alpha value is -4.17. The standard InChI is InChI=1S/C34H40ClF3N6O5/c1-7-26-23(14-19-16-33(5,6)43(17-19)31(48)49-32(2,3)4)29(47)44-30(40-28(41-44)20-8-11-22(45)12-9-20)42(26)18-27(46)39-25-13-10-21(15-24(25)35)34(36,37)38/h8,10,13-15,22,45H,7,9,11-12,16-18H2,1-6H3,(H,39,46)/b19-14+. The molecule has 15 heteroatoms. The van der Waals surface area contributed by atoms with Crippen LogP contribution < -0.4 is 10.9 Å². The number of ether oxygens (including phenoxy) is 1. The summed E-state index contributed by atoms with van der Waals surface area (Å²) < 4.78 is 47.9. The second-order valence-corrected chi connectivity index (χ2v) is 14.4. The van der Waals surface area contributed by atoms with Crippen molar-refractivity contribution < 1.29 is 32.6 Å². The molecule has 2 aliphatic rings. The van der Waals surface area contributed by atoms with Crippen LogP contribution in [0, 0.1) is 0 Å². The van der Waals surface area contributed by atoms with Gasteiger partial charge in [-0.05, 0) is 102 Å². The zero-order valence-corrected chi connectivity index (χ0v) is 29.0. The minimum Gasteiger partial charge on any atom is -0.444 e. The van der Waals surface area contributed by atoms with Crippen molar-refractivity contribution >= 4 is 46.7 Å². The quantitative estimate of drug-likeness (QED) is 0.300. The number of fused-ring (bicyclic) bond motifs is 1. The Morgan fingerprint density at radius 1 is 1.22 bits per heavy atom. The first-order valence-electron chi connectivity index (χ1n) is 16.0. The molecule has 1 unspecified atom stereocenters. The molecule has 2 N–H and O–H groups in total. The van der Waals surface area contributed by atoms with Crippen molar-refractivity contribution in [3.05, 3.63) is 67.9 Å². The number of carbonyl (C=O) groups excluding carboxylic acids is 2. The van der Waals surface area contributed by atoms with Crippen molar-refractivity contribution in [2.24, 2.45) is 0 Å². The number of benzene rings is 1. The SMILES string of the molecule is CCc1c(/C=C2/CN(C(=O)OC(C)(C)C)C(C)(C)C2)c(=O)n2nc(C3=CCC(O)CC3)nc2n1CC(=O)Nc1ccc(C(F)(F)F)cc1Cl. The number of hydrogen-bond acceptors (Lipinski definition) is 7. The highest BCUT2D eigenvalue weighted by molar-refractivity contribution is 6.33. The van der Waals surface area contributed by atoms with Crippen molar-refractivity contribution in [3.63, 3.8) is 0 Å². The number of aliphatic hydroxyl groups is 1. The number of hydrogen-bond donors (Lipinski definition) is 2. The summed E-state index contributed by atoms with van der Waals surface area (Å²) in [5.74, 6) is -0.237. The summed E-state index contributed by atoms with van der Waals surface area (Å²) in [5.41, 5.74) is -0.465. The van der Waals surface area contributed by atoms with E-state index in [1.54, 1.807) is 36.3 Å². The molecule has 1 fully saturated rings. The van der Waals surface area contributed by atoms with Gasteiger partial charge in [-0.15, -0.1) is 5.10 Å². The van der Waals surface area contributed by atoms with Gasteiger partial charge in [0.25, 0.3) is 5.56 Å². The van der Waals surface area contributed by atoms with E-state index in [1.165, 1.54) is 0 Å². The maximum Gasteiger partial charge on any atom is 0.416 e. The van der Waals surface area contributed by atoms with Crippen LogP contribution in [0.25, 0.3) is 17.4 Å². The molecular formula is C34H40ClF3N6O5. The first-order valence-corrected chi connectivity index (χ1v) is 16.4. The smallest absolute Gasteiger partial charge is 0.416 e. The summed E-state index contributed by atoms with van der Waals surface area (Å²) >= 11 is 6.11. The topological polar surface area (TPSA) is 131 Å². The Balaban J connectivity index is 1.58. The lowest BCUT2D eigenvalue weighted by molar-refractivity contribution is -0.137. The molecule has 2 amide bonds. The van der Waals surface area contributed by atoms with Crippen molar-refractivity contribution in [2.45, 2.75) is 104 Å². The summed E-state index contributed by atoms with van der Waals surface area (Å²) in [6.45, 7) is 10.9. The molecule has 0 radical (unpaired) electrons. The maximum absolute atomic E-state index is 14.1. The van der Waals surface area contributed by atoms with Crippen LogP contribution in [0.1, 0.15) is 89.9 Å². The van der Waals surface area contributed by atoms with Gasteiger partial charge in [0.1, 0.15) is 12.1 Å². The molecule has 1 aromatic carbocycles. The van der Waals surface area contributed by atoms with E-state index in [-0.39, 0.29) is 41.0 Å². The lowest BCUT2D eigenvalue weighted by Gasteiger charge is -2.33. The van der Waals surface area contributed by atoms with E-state index < -0.39 is 46.5 Å². The molecule has 264 valence electrons. The number of rotatable bonds is 6. The van der Waals surface area contributed by atoms with E-state index in [2.05, 4.69) is 15.4 Å². The summed E-state index contributed by atoms with van der Waals surface area (Å²) in [5, 5.41) is 16.8. The Kier molecular flexibility index (Phi) is 9.78. The van der Waals surface area contributed by atoms with Crippen LogP contribution in [0.5, 0.6) is 0 Å². The third kappa shape index (κ3) is 7.85. The summed E-state index contributed by atoms with van der Waals surface area (Å²) in [6, 6.07) is 2.64. The summed E-state index contributed by atoms with van der Waals surface area (Å²) in [6.07, 6.45) is 0.148. The first-order chi connectivity index (χ1) is 22.8. The fraction of sp³-hybridized carbons (Fsp3) is 0.500. The number of nitrogens with one attached hydrogen (secondary N) is 1. The number of halogens is 4. The molecule has 1 saturated heterocycles. The van der Waals surface area contributed by atoms with E-state index >= 15 is 0 Å². The molecule has 1 aliphatic heterocycles. The maximum atomic E-state index is 14.1. The Labute approximate surface area is 286 Å². The monoisotopic (exact) mass is 704 g/mol. The van der Waals surface area contributed by atoms with E-state index in [4.69, 9.17) is 16.3 Å². The second kappa shape index (κ2) is 13.3. The number of anilines is 1. The fourth-order valence-electron chi connectivity index (χ4n) is 6.15. The first kappa shape index (κ1) is 36.1. The molecular weight excluding hydrogens is 665 g/mol. The second-order valence-electron chi connectivity index (χ2n) is 14.0. The van der Waals surface area contributed by atoms with Gasteiger partial charge in [-0.2, -0.15) is 22.7 Å². The average molecular weight is 705 g/mol. The molecule has 3 aromatic rings. The molecule has 11 nitrogen and oxygen atoms in total. The number of nitrogens with zero attached hydrogens (tertiary/aromatic N) is 5. The highest BCUT2D eigenvalue weighted by Crippen LogP contribution is 2.36. The predicted octanol–water partition coefficient (Wildman–Crippen LogP) is 6.50. The van der Waals surface area contributed by atoms with Crippen molar-refractivity contribution in [1.82, 2.24) is 24.1 Å². The zero-order valence-electron chi connectivity index (χ0n) is 28.2. The Morgan fingerprint density at radius 2 is 1.94 bits per heavy atom. The van der Waals surface area contributed by atoms with Crippen LogP contribution in [-0.4, -0.2) is 65.0 Å². The lowest BCUT2D eigenvalue weighted by Crippen LogP contribution is -2.45. The van der Waals surface area contributed by atoms with E-state index in [9.17, 15) is 32.7 Å². The van der Waals surface area contributed by atoms with Crippen molar-refractivity contribution in [3.8, 4) is 0 Å². The lowest BCUT2D eigenvalue weighted by atomic mass is 9.97. The third-order valence-electron chi connectivity index (χ3n) is 8.48.